The van der Waals surface area contributed by atoms with Crippen LogP contribution in [0.5, 0.6) is 0 Å². The second-order valence-electron chi connectivity index (χ2n) is 7.02. The first-order valence-corrected chi connectivity index (χ1v) is 8.48. The van der Waals surface area contributed by atoms with E-state index in [0.29, 0.717) is 13.2 Å². The number of fused-ring (bicyclic) bond motifs is 1. The highest BCUT2D eigenvalue weighted by molar-refractivity contribution is 5.68. The lowest BCUT2D eigenvalue weighted by atomic mass is 9.98. The molecule has 130 valence electrons. The van der Waals surface area contributed by atoms with Gasteiger partial charge in [0.15, 0.2) is 5.79 Å². The van der Waals surface area contributed by atoms with Crippen LogP contribution in [-0.2, 0) is 25.6 Å². The monoisotopic (exact) mass is 333 g/mol. The van der Waals surface area contributed by atoms with Crippen LogP contribution in [0.1, 0.15) is 25.8 Å². The van der Waals surface area contributed by atoms with Crippen molar-refractivity contribution in [2.75, 3.05) is 13.2 Å². The summed E-state index contributed by atoms with van der Waals surface area (Å²) in [6.07, 6.45) is 0.621. The van der Waals surface area contributed by atoms with E-state index in [1.165, 1.54) is 0 Å². The second kappa shape index (κ2) is 6.02. The topological polar surface area (TPSA) is 60.5 Å². The van der Waals surface area contributed by atoms with E-state index in [0.717, 1.165) is 12.0 Å². The van der Waals surface area contributed by atoms with Crippen molar-refractivity contribution in [2.45, 2.75) is 57.0 Å². The van der Waals surface area contributed by atoms with Crippen molar-refractivity contribution < 1.29 is 23.7 Å². The van der Waals surface area contributed by atoms with Gasteiger partial charge in [-0.2, -0.15) is 0 Å². The molecule has 24 heavy (non-hydrogen) atoms. The van der Waals surface area contributed by atoms with Gasteiger partial charge in [-0.15, -0.1) is 0 Å². The molecule has 0 aromatic heterocycles. The Morgan fingerprint density at radius 3 is 2.79 bits per heavy atom. The van der Waals surface area contributed by atoms with Gasteiger partial charge in [0.2, 0.25) is 0 Å². The highest BCUT2D eigenvalue weighted by Gasteiger charge is 2.57. The van der Waals surface area contributed by atoms with E-state index in [1.54, 1.807) is 4.90 Å². The summed E-state index contributed by atoms with van der Waals surface area (Å²) in [4.78, 5) is 14.4. The summed E-state index contributed by atoms with van der Waals surface area (Å²) in [6, 6.07) is 9.54. The number of rotatable bonds is 3. The van der Waals surface area contributed by atoms with Crippen LogP contribution in [-0.4, -0.2) is 54.3 Å². The van der Waals surface area contributed by atoms with E-state index in [1.807, 2.05) is 44.2 Å². The fourth-order valence-corrected chi connectivity index (χ4v) is 3.59. The number of epoxide rings is 1. The van der Waals surface area contributed by atoms with Crippen LogP contribution in [0.4, 0.5) is 4.79 Å². The largest absolute Gasteiger partial charge is 0.445 e. The van der Waals surface area contributed by atoms with Crippen LogP contribution in [0.3, 0.4) is 0 Å². The number of carbonyl (C=O) groups is 1. The summed E-state index contributed by atoms with van der Waals surface area (Å²) in [7, 11) is 0. The van der Waals surface area contributed by atoms with E-state index >= 15 is 0 Å². The molecule has 0 bridgehead atoms. The highest BCUT2D eigenvalue weighted by Crippen LogP contribution is 2.40. The van der Waals surface area contributed by atoms with Crippen molar-refractivity contribution in [3.63, 3.8) is 0 Å². The molecular formula is C18H23NO5. The number of nitrogens with zero attached hydrogens (tertiary/aromatic N) is 1. The predicted molar refractivity (Wildman–Crippen MR) is 85.3 cm³/mol. The summed E-state index contributed by atoms with van der Waals surface area (Å²) in [5.74, 6) is -0.619. The molecule has 4 atom stereocenters. The van der Waals surface area contributed by atoms with Gasteiger partial charge in [0.1, 0.15) is 18.8 Å². The molecule has 0 radical (unpaired) electrons. The zero-order valence-electron chi connectivity index (χ0n) is 14.0. The van der Waals surface area contributed by atoms with Gasteiger partial charge in [-0.25, -0.2) is 4.79 Å². The number of hydrogen-bond donors (Lipinski definition) is 0. The Morgan fingerprint density at radius 2 is 2.08 bits per heavy atom. The summed E-state index contributed by atoms with van der Waals surface area (Å²) in [6.45, 7) is 5.13. The maximum atomic E-state index is 12.6. The highest BCUT2D eigenvalue weighted by atomic mass is 16.7. The molecule has 3 aliphatic rings. The minimum Gasteiger partial charge on any atom is -0.445 e. The van der Waals surface area contributed by atoms with Crippen molar-refractivity contribution in [2.24, 2.45) is 0 Å². The maximum absolute atomic E-state index is 12.6. The molecule has 0 aliphatic carbocycles. The SMILES string of the molecule is CC1(C)OC[C@H]([C@@H]2[C@@H]3O[C@@H]3CCN2C(=O)OCc2ccccc2)O1. The minimum atomic E-state index is -0.619. The Morgan fingerprint density at radius 1 is 1.29 bits per heavy atom. The molecule has 1 amide bonds. The number of piperidine rings is 1. The average Bonchev–Trinajstić information content (AvgIpc) is 3.28. The molecule has 1 aromatic carbocycles. The van der Waals surface area contributed by atoms with Crippen molar-refractivity contribution in [3.05, 3.63) is 35.9 Å². The Bertz CT molecular complexity index is 605. The summed E-state index contributed by atoms with van der Waals surface area (Å²) in [5, 5.41) is 0. The van der Waals surface area contributed by atoms with Crippen molar-refractivity contribution in [1.29, 1.82) is 0 Å². The molecule has 0 saturated carbocycles. The number of benzene rings is 1. The molecule has 0 N–H and O–H groups in total. The normalized spacial score (nSPS) is 33.8. The van der Waals surface area contributed by atoms with Crippen LogP contribution in [0.2, 0.25) is 0 Å². The van der Waals surface area contributed by atoms with E-state index in [9.17, 15) is 4.79 Å². The summed E-state index contributed by atoms with van der Waals surface area (Å²) in [5.41, 5.74) is 0.974. The fourth-order valence-electron chi connectivity index (χ4n) is 3.59. The maximum Gasteiger partial charge on any atom is 0.410 e. The summed E-state index contributed by atoms with van der Waals surface area (Å²) < 4.78 is 22.9. The zero-order chi connectivity index (χ0) is 16.7. The van der Waals surface area contributed by atoms with Crippen LogP contribution >= 0.6 is 0 Å². The molecule has 3 heterocycles. The number of amides is 1. The van der Waals surface area contributed by atoms with Gasteiger partial charge in [-0.1, -0.05) is 30.3 Å². The Labute approximate surface area is 141 Å². The molecule has 1 aromatic rings. The smallest absolute Gasteiger partial charge is 0.410 e. The first-order valence-electron chi connectivity index (χ1n) is 8.48. The number of hydrogen-bond acceptors (Lipinski definition) is 5. The Hall–Kier alpha value is -1.63. The van der Waals surface area contributed by atoms with Gasteiger partial charge in [-0.05, 0) is 25.8 Å². The van der Waals surface area contributed by atoms with E-state index < -0.39 is 5.79 Å². The molecular weight excluding hydrogens is 310 g/mol. The van der Waals surface area contributed by atoms with Crippen molar-refractivity contribution in [1.82, 2.24) is 4.90 Å². The van der Waals surface area contributed by atoms with Crippen LogP contribution in [0.15, 0.2) is 30.3 Å². The van der Waals surface area contributed by atoms with Gasteiger partial charge < -0.3 is 18.9 Å². The van der Waals surface area contributed by atoms with Crippen LogP contribution in [0.25, 0.3) is 0 Å². The van der Waals surface area contributed by atoms with Gasteiger partial charge >= 0.3 is 6.09 Å². The number of carbonyl (C=O) groups excluding carboxylic acids is 1. The quantitative estimate of drug-likeness (QED) is 0.795. The summed E-state index contributed by atoms with van der Waals surface area (Å²) >= 11 is 0. The van der Waals surface area contributed by atoms with Crippen LogP contribution < -0.4 is 0 Å². The van der Waals surface area contributed by atoms with Gasteiger partial charge in [0.25, 0.3) is 0 Å². The lowest BCUT2D eigenvalue weighted by Gasteiger charge is -2.35. The second-order valence-corrected chi connectivity index (χ2v) is 7.02. The van der Waals surface area contributed by atoms with Gasteiger partial charge in [-0.3, -0.25) is 4.90 Å². The Balaban J connectivity index is 1.43. The molecule has 4 rings (SSSR count). The first-order chi connectivity index (χ1) is 11.5. The molecule has 3 fully saturated rings. The molecule has 0 spiro atoms. The van der Waals surface area contributed by atoms with Crippen LogP contribution in [0, 0.1) is 0 Å². The lowest BCUT2D eigenvalue weighted by molar-refractivity contribution is -0.147. The van der Waals surface area contributed by atoms with Crippen molar-refractivity contribution >= 4 is 6.09 Å². The third-order valence-electron chi connectivity index (χ3n) is 4.82. The molecule has 6 nitrogen and oxygen atoms in total. The molecule has 6 heteroatoms. The van der Waals surface area contributed by atoms with E-state index in [-0.39, 0.29) is 37.1 Å². The predicted octanol–water partition coefficient (Wildman–Crippen LogP) is 2.32. The number of likely N-dealkylation sites (tertiary alicyclic amines) is 1. The Kier molecular flexibility index (Phi) is 3.98. The van der Waals surface area contributed by atoms with Gasteiger partial charge in [0, 0.05) is 6.54 Å². The number of ether oxygens (including phenoxy) is 4. The van der Waals surface area contributed by atoms with E-state index in [2.05, 4.69) is 0 Å². The van der Waals surface area contributed by atoms with Gasteiger partial charge in [0.05, 0.1) is 18.8 Å². The molecule has 3 saturated heterocycles. The first kappa shape index (κ1) is 15.9. The zero-order valence-corrected chi connectivity index (χ0v) is 14.0. The third-order valence-corrected chi connectivity index (χ3v) is 4.82. The molecule has 3 aliphatic heterocycles. The average molecular weight is 333 g/mol. The fraction of sp³-hybridized carbons (Fsp3) is 0.611. The molecule has 0 unspecified atom stereocenters. The van der Waals surface area contributed by atoms with E-state index in [4.69, 9.17) is 18.9 Å². The van der Waals surface area contributed by atoms with Crippen molar-refractivity contribution in [3.8, 4) is 0 Å². The third kappa shape index (κ3) is 3.14. The standard InChI is InChI=1S/C18H23NO5/c1-18(2)22-11-14(24-18)15-16-13(23-16)8-9-19(15)17(20)21-10-12-6-4-3-5-7-12/h3-7,13-16H,8-11H2,1-2H3/t13-,14-,15-,16-/m1/s1. The minimum absolute atomic E-state index is 0.0329. The lowest BCUT2D eigenvalue weighted by Crippen LogP contribution is -2.54.